The van der Waals surface area contributed by atoms with Crippen LogP contribution in [0.2, 0.25) is 0 Å². The van der Waals surface area contributed by atoms with E-state index < -0.39 is 39.9 Å². The molecule has 4 nitrogen and oxygen atoms in total. The second-order valence-electron chi connectivity index (χ2n) is 10.3. The SMILES string of the molecule is C[C@H]1C[C@H]2[C@@H]3C[C@H](C)[C@](O)(C(=O)CCl)[C@@]3(C)C[C@H](O)[C@]2(F)[C@@]2(C)C=CC(=O)C=C12. The van der Waals surface area contributed by atoms with E-state index in [9.17, 15) is 19.8 Å². The Labute approximate surface area is 176 Å². The van der Waals surface area contributed by atoms with Gasteiger partial charge >= 0.3 is 0 Å². The van der Waals surface area contributed by atoms with Gasteiger partial charge in [0.05, 0.1) is 12.0 Å². The molecule has 0 aliphatic heterocycles. The number of rotatable bonds is 2. The Hall–Kier alpha value is -1.04. The van der Waals surface area contributed by atoms with Crippen LogP contribution < -0.4 is 0 Å². The van der Waals surface area contributed by atoms with Gasteiger partial charge in [0, 0.05) is 16.7 Å². The van der Waals surface area contributed by atoms with Gasteiger partial charge in [0.1, 0.15) is 5.60 Å². The molecule has 160 valence electrons. The molecule has 4 aliphatic rings. The third-order valence-electron chi connectivity index (χ3n) is 9.10. The summed E-state index contributed by atoms with van der Waals surface area (Å²) >= 11 is 5.84. The lowest BCUT2D eigenvalue weighted by atomic mass is 9.43. The first kappa shape index (κ1) is 21.2. The predicted molar refractivity (Wildman–Crippen MR) is 108 cm³/mol. The molecule has 0 amide bonds. The highest BCUT2D eigenvalue weighted by atomic mass is 35.5. The van der Waals surface area contributed by atoms with Crippen LogP contribution in [-0.4, -0.2) is 45.0 Å². The van der Waals surface area contributed by atoms with Crippen molar-refractivity contribution in [3.63, 3.8) is 0 Å². The molecule has 29 heavy (non-hydrogen) atoms. The van der Waals surface area contributed by atoms with E-state index in [-0.39, 0.29) is 35.8 Å². The van der Waals surface area contributed by atoms with Crippen LogP contribution in [0.1, 0.15) is 47.0 Å². The fourth-order valence-electron chi connectivity index (χ4n) is 7.63. The summed E-state index contributed by atoms with van der Waals surface area (Å²) in [5.41, 5.74) is -4.97. The summed E-state index contributed by atoms with van der Waals surface area (Å²) in [4.78, 5) is 24.7. The minimum absolute atomic E-state index is 0.0207. The fourth-order valence-corrected chi connectivity index (χ4v) is 7.84. The van der Waals surface area contributed by atoms with Crippen LogP contribution in [0.5, 0.6) is 0 Å². The van der Waals surface area contributed by atoms with Crippen LogP contribution in [0.3, 0.4) is 0 Å². The van der Waals surface area contributed by atoms with Gasteiger partial charge < -0.3 is 10.2 Å². The molecular formula is C23H30ClFO4. The summed E-state index contributed by atoms with van der Waals surface area (Å²) in [7, 11) is 0. The zero-order valence-electron chi connectivity index (χ0n) is 17.4. The molecule has 0 spiro atoms. The Morgan fingerprint density at radius 2 is 1.93 bits per heavy atom. The molecule has 4 aliphatic carbocycles. The molecule has 6 heteroatoms. The summed E-state index contributed by atoms with van der Waals surface area (Å²) in [6, 6.07) is 0. The topological polar surface area (TPSA) is 74.6 Å². The standard InChI is InChI=1S/C23H30ClFO4/c1-12-7-17-16-8-13(2)23(29,19(28)11-24)21(16,4)10-18(27)22(17,25)20(3)6-5-14(26)9-15(12)20/h5-6,9,12-13,16-18,27,29H,7-8,10-11H2,1-4H3/t12-,13-,16-,17-,18-,20-,21-,22-,23-/m0/s1. The van der Waals surface area contributed by atoms with Crippen molar-refractivity contribution in [1.82, 2.24) is 0 Å². The minimum atomic E-state index is -1.97. The van der Waals surface area contributed by atoms with Crippen molar-refractivity contribution in [1.29, 1.82) is 0 Å². The van der Waals surface area contributed by atoms with Gasteiger partial charge in [0.15, 0.2) is 17.2 Å². The average molecular weight is 425 g/mol. The highest BCUT2D eigenvalue weighted by Crippen LogP contribution is 2.71. The molecule has 2 N–H and O–H groups in total. The van der Waals surface area contributed by atoms with Gasteiger partial charge in [-0.1, -0.05) is 32.4 Å². The number of carbonyl (C=O) groups excluding carboxylic acids is 2. The number of halogens is 2. The van der Waals surface area contributed by atoms with E-state index in [2.05, 4.69) is 0 Å². The minimum Gasteiger partial charge on any atom is -0.390 e. The Balaban J connectivity index is 1.87. The van der Waals surface area contributed by atoms with E-state index in [4.69, 9.17) is 11.6 Å². The Morgan fingerprint density at radius 3 is 2.55 bits per heavy atom. The van der Waals surface area contributed by atoms with Crippen molar-refractivity contribution in [2.45, 2.75) is 64.3 Å². The van der Waals surface area contributed by atoms with Crippen molar-refractivity contribution in [2.75, 3.05) is 5.88 Å². The van der Waals surface area contributed by atoms with Crippen LogP contribution in [0.4, 0.5) is 4.39 Å². The van der Waals surface area contributed by atoms with Gasteiger partial charge in [-0.15, -0.1) is 11.6 Å². The average Bonchev–Trinajstić information content (AvgIpc) is 2.86. The van der Waals surface area contributed by atoms with Crippen LogP contribution in [0.15, 0.2) is 23.8 Å². The molecule has 4 rings (SSSR count). The quantitative estimate of drug-likeness (QED) is 0.666. The molecule has 0 saturated heterocycles. The normalized spacial score (nSPS) is 53.7. The lowest BCUT2D eigenvalue weighted by Gasteiger charge is -2.63. The first-order valence-electron chi connectivity index (χ1n) is 10.5. The third-order valence-corrected chi connectivity index (χ3v) is 9.34. The van der Waals surface area contributed by atoms with Gasteiger partial charge in [-0.25, -0.2) is 4.39 Å². The molecule has 0 radical (unpaired) electrons. The molecule has 0 bridgehead atoms. The number of alkyl halides is 2. The first-order chi connectivity index (χ1) is 13.4. The monoisotopic (exact) mass is 424 g/mol. The zero-order valence-corrected chi connectivity index (χ0v) is 18.2. The second kappa shape index (κ2) is 6.24. The van der Waals surface area contributed by atoms with Crippen LogP contribution >= 0.6 is 11.6 Å². The maximum absolute atomic E-state index is 17.1. The molecule has 0 aromatic rings. The van der Waals surface area contributed by atoms with Crippen molar-refractivity contribution >= 4 is 23.2 Å². The van der Waals surface area contributed by atoms with Crippen molar-refractivity contribution in [3.8, 4) is 0 Å². The largest absolute Gasteiger partial charge is 0.390 e. The van der Waals surface area contributed by atoms with E-state index in [1.807, 2.05) is 20.8 Å². The predicted octanol–water partition coefficient (Wildman–Crippen LogP) is 3.39. The molecule has 0 aromatic carbocycles. The summed E-state index contributed by atoms with van der Waals surface area (Å²) in [6.45, 7) is 7.39. The Kier molecular flexibility index (Phi) is 4.56. The number of allylic oxidation sites excluding steroid dienone is 4. The summed E-state index contributed by atoms with van der Waals surface area (Å²) in [6.07, 6.45) is 4.11. The number of Topliss-reactive ketones (excluding diaryl/α,β-unsaturated/α-hetero) is 1. The summed E-state index contributed by atoms with van der Waals surface area (Å²) in [5, 5.41) is 22.8. The summed E-state index contributed by atoms with van der Waals surface area (Å²) in [5.74, 6) is -2.13. The van der Waals surface area contributed by atoms with Crippen LogP contribution in [0.25, 0.3) is 0 Å². The lowest BCUT2D eigenvalue weighted by molar-refractivity contribution is -0.221. The highest BCUT2D eigenvalue weighted by Gasteiger charge is 2.76. The van der Waals surface area contributed by atoms with E-state index >= 15 is 4.39 Å². The Bertz CT molecular complexity index is 839. The van der Waals surface area contributed by atoms with E-state index in [1.165, 1.54) is 12.2 Å². The van der Waals surface area contributed by atoms with E-state index in [1.54, 1.807) is 13.0 Å². The number of fused-ring (bicyclic) bond motifs is 5. The number of aliphatic hydroxyl groups is 2. The van der Waals surface area contributed by atoms with Gasteiger partial charge in [-0.3, -0.25) is 9.59 Å². The van der Waals surface area contributed by atoms with Gasteiger partial charge in [0.2, 0.25) is 0 Å². The number of hydrogen-bond acceptors (Lipinski definition) is 4. The van der Waals surface area contributed by atoms with Crippen LogP contribution in [-0.2, 0) is 9.59 Å². The lowest BCUT2D eigenvalue weighted by Crippen LogP contribution is -2.70. The number of aliphatic hydroxyl groups excluding tert-OH is 1. The van der Waals surface area contributed by atoms with Gasteiger partial charge in [-0.2, -0.15) is 0 Å². The first-order valence-corrected chi connectivity index (χ1v) is 11.0. The van der Waals surface area contributed by atoms with Crippen molar-refractivity contribution in [2.24, 2.45) is 34.5 Å². The molecule has 0 unspecified atom stereocenters. The van der Waals surface area contributed by atoms with E-state index in [0.29, 0.717) is 12.8 Å². The summed E-state index contributed by atoms with van der Waals surface area (Å²) < 4.78 is 17.1. The maximum Gasteiger partial charge on any atom is 0.179 e. The molecule has 0 heterocycles. The molecule has 3 fully saturated rings. The van der Waals surface area contributed by atoms with Crippen molar-refractivity contribution in [3.05, 3.63) is 23.8 Å². The zero-order chi connectivity index (χ0) is 21.6. The number of hydrogen-bond donors (Lipinski definition) is 2. The molecule has 9 atom stereocenters. The molecule has 0 aromatic heterocycles. The van der Waals surface area contributed by atoms with Crippen molar-refractivity contribution < 1.29 is 24.2 Å². The molecular weight excluding hydrogens is 395 g/mol. The fraction of sp³-hybridized carbons (Fsp3) is 0.739. The second-order valence-corrected chi connectivity index (χ2v) is 10.5. The third kappa shape index (κ3) is 2.27. The Morgan fingerprint density at radius 1 is 1.28 bits per heavy atom. The van der Waals surface area contributed by atoms with E-state index in [0.717, 1.165) is 5.57 Å². The highest BCUT2D eigenvalue weighted by molar-refractivity contribution is 6.29. The van der Waals surface area contributed by atoms with Crippen LogP contribution in [0, 0.1) is 34.5 Å². The molecule has 3 saturated carbocycles. The maximum atomic E-state index is 17.1. The van der Waals surface area contributed by atoms with Gasteiger partial charge in [-0.05, 0) is 56.1 Å². The number of carbonyl (C=O) groups is 2. The van der Waals surface area contributed by atoms with Gasteiger partial charge in [0.25, 0.3) is 0 Å². The number of ketones is 2. The smallest absolute Gasteiger partial charge is 0.179 e.